The Morgan fingerprint density at radius 3 is 2.82 bits per heavy atom. The summed E-state index contributed by atoms with van der Waals surface area (Å²) in [6.45, 7) is 1.91. The molecule has 5 heteroatoms. The lowest BCUT2D eigenvalue weighted by Gasteiger charge is -2.10. The first kappa shape index (κ1) is 11.3. The van der Waals surface area contributed by atoms with E-state index in [-0.39, 0.29) is 5.82 Å². The van der Waals surface area contributed by atoms with Crippen LogP contribution >= 0.6 is 0 Å². The molecule has 4 nitrogen and oxygen atoms in total. The quantitative estimate of drug-likeness (QED) is 0.562. The molecular formula is C12H13FN4. The normalized spacial score (nSPS) is 10.1. The van der Waals surface area contributed by atoms with Crippen molar-refractivity contribution in [3.05, 3.63) is 47.9 Å². The van der Waals surface area contributed by atoms with Gasteiger partial charge in [0.2, 0.25) is 0 Å². The van der Waals surface area contributed by atoms with Crippen molar-refractivity contribution >= 4 is 17.2 Å². The molecule has 88 valence electrons. The van der Waals surface area contributed by atoms with Gasteiger partial charge in [-0.3, -0.25) is 0 Å². The van der Waals surface area contributed by atoms with Crippen molar-refractivity contribution in [2.45, 2.75) is 6.92 Å². The predicted octanol–water partition coefficient (Wildman–Crippen LogP) is 2.56. The van der Waals surface area contributed by atoms with Crippen LogP contribution < -0.4 is 16.6 Å². The van der Waals surface area contributed by atoms with E-state index < -0.39 is 0 Å². The molecule has 0 amide bonds. The molecule has 2 aromatic rings. The highest BCUT2D eigenvalue weighted by atomic mass is 19.1. The minimum absolute atomic E-state index is 0.274. The summed E-state index contributed by atoms with van der Waals surface area (Å²) >= 11 is 0. The molecule has 0 aliphatic carbocycles. The molecule has 0 unspecified atom stereocenters. The SMILES string of the molecule is Cc1ccc(F)cc1Nc1ccnc(NN)c1. The van der Waals surface area contributed by atoms with Crippen molar-refractivity contribution < 1.29 is 4.39 Å². The van der Waals surface area contributed by atoms with Crippen molar-refractivity contribution in [1.82, 2.24) is 4.98 Å². The highest BCUT2D eigenvalue weighted by Gasteiger charge is 2.01. The van der Waals surface area contributed by atoms with Gasteiger partial charge in [-0.1, -0.05) is 6.07 Å². The van der Waals surface area contributed by atoms with Crippen LogP contribution in [-0.4, -0.2) is 4.98 Å². The van der Waals surface area contributed by atoms with Crippen LogP contribution in [0.4, 0.5) is 21.6 Å². The highest BCUT2D eigenvalue weighted by Crippen LogP contribution is 2.22. The number of hydrogen-bond acceptors (Lipinski definition) is 4. The second-order valence-corrected chi connectivity index (χ2v) is 3.66. The van der Waals surface area contributed by atoms with E-state index in [4.69, 9.17) is 5.84 Å². The van der Waals surface area contributed by atoms with Gasteiger partial charge in [-0.2, -0.15) is 0 Å². The lowest BCUT2D eigenvalue weighted by atomic mass is 10.2. The fourth-order valence-corrected chi connectivity index (χ4v) is 1.47. The Balaban J connectivity index is 2.27. The van der Waals surface area contributed by atoms with Crippen molar-refractivity contribution in [2.24, 2.45) is 5.84 Å². The van der Waals surface area contributed by atoms with Gasteiger partial charge in [-0.25, -0.2) is 15.2 Å². The van der Waals surface area contributed by atoms with E-state index in [1.165, 1.54) is 12.1 Å². The van der Waals surface area contributed by atoms with Crippen LogP contribution in [0.3, 0.4) is 0 Å². The Hall–Kier alpha value is -2.14. The minimum atomic E-state index is -0.274. The number of aromatic nitrogens is 1. The number of rotatable bonds is 3. The van der Waals surface area contributed by atoms with E-state index in [2.05, 4.69) is 15.7 Å². The van der Waals surface area contributed by atoms with Crippen molar-refractivity contribution in [2.75, 3.05) is 10.7 Å². The second-order valence-electron chi connectivity index (χ2n) is 3.66. The summed E-state index contributed by atoms with van der Waals surface area (Å²) in [6.07, 6.45) is 1.62. The predicted molar refractivity (Wildman–Crippen MR) is 66.5 cm³/mol. The van der Waals surface area contributed by atoms with Crippen LogP contribution in [0, 0.1) is 12.7 Å². The van der Waals surface area contributed by atoms with Gasteiger partial charge < -0.3 is 10.7 Å². The zero-order chi connectivity index (χ0) is 12.3. The van der Waals surface area contributed by atoms with Crippen molar-refractivity contribution in [1.29, 1.82) is 0 Å². The van der Waals surface area contributed by atoms with Crippen molar-refractivity contribution in [3.8, 4) is 0 Å². The maximum Gasteiger partial charge on any atom is 0.141 e. The number of hydrogen-bond donors (Lipinski definition) is 3. The van der Waals surface area contributed by atoms with E-state index in [1.807, 2.05) is 6.92 Å². The van der Waals surface area contributed by atoms with Crippen LogP contribution in [0.5, 0.6) is 0 Å². The van der Waals surface area contributed by atoms with Gasteiger partial charge in [0.05, 0.1) is 0 Å². The molecule has 2 rings (SSSR count). The monoisotopic (exact) mass is 232 g/mol. The fourth-order valence-electron chi connectivity index (χ4n) is 1.47. The van der Waals surface area contributed by atoms with Gasteiger partial charge in [0.25, 0.3) is 0 Å². The van der Waals surface area contributed by atoms with Crippen LogP contribution in [0.25, 0.3) is 0 Å². The molecule has 1 heterocycles. The zero-order valence-electron chi connectivity index (χ0n) is 9.37. The van der Waals surface area contributed by atoms with E-state index in [0.717, 1.165) is 16.9 Å². The summed E-state index contributed by atoms with van der Waals surface area (Å²) in [4.78, 5) is 3.99. The summed E-state index contributed by atoms with van der Waals surface area (Å²) in [5.74, 6) is 5.54. The largest absolute Gasteiger partial charge is 0.355 e. The fraction of sp³-hybridized carbons (Fsp3) is 0.0833. The van der Waals surface area contributed by atoms with Gasteiger partial charge in [0.15, 0.2) is 0 Å². The van der Waals surface area contributed by atoms with Crippen LogP contribution in [0.15, 0.2) is 36.5 Å². The minimum Gasteiger partial charge on any atom is -0.355 e. The number of halogens is 1. The smallest absolute Gasteiger partial charge is 0.141 e. The molecular weight excluding hydrogens is 219 g/mol. The summed E-state index contributed by atoms with van der Waals surface area (Å²) in [7, 11) is 0. The number of hydrazine groups is 1. The van der Waals surface area contributed by atoms with Gasteiger partial charge in [0, 0.05) is 23.6 Å². The molecule has 0 aliphatic heterocycles. The number of nitrogens with zero attached hydrogens (tertiary/aromatic N) is 1. The maximum atomic E-state index is 13.1. The molecule has 1 aromatic heterocycles. The first-order chi connectivity index (χ1) is 8.19. The molecule has 0 saturated carbocycles. The molecule has 1 aromatic carbocycles. The van der Waals surface area contributed by atoms with Crippen molar-refractivity contribution in [3.63, 3.8) is 0 Å². The third-order valence-electron chi connectivity index (χ3n) is 2.39. The van der Waals surface area contributed by atoms with Gasteiger partial charge in [-0.05, 0) is 30.7 Å². The second kappa shape index (κ2) is 4.80. The third kappa shape index (κ3) is 2.70. The van der Waals surface area contributed by atoms with E-state index in [0.29, 0.717) is 5.82 Å². The summed E-state index contributed by atoms with van der Waals surface area (Å²) < 4.78 is 13.1. The molecule has 17 heavy (non-hydrogen) atoms. The molecule has 0 fully saturated rings. The van der Waals surface area contributed by atoms with Crippen LogP contribution in [0.2, 0.25) is 0 Å². The number of nitrogens with one attached hydrogen (secondary N) is 2. The van der Waals surface area contributed by atoms with Gasteiger partial charge in [-0.15, -0.1) is 0 Å². The van der Waals surface area contributed by atoms with E-state index in [1.54, 1.807) is 24.4 Å². The highest BCUT2D eigenvalue weighted by molar-refractivity contribution is 5.64. The number of nitrogen functional groups attached to an aromatic ring is 1. The molecule has 0 aliphatic rings. The Morgan fingerprint density at radius 1 is 1.24 bits per heavy atom. The number of nitrogens with two attached hydrogens (primary N) is 1. The Labute approximate surface area is 98.6 Å². The number of benzene rings is 1. The Kier molecular flexibility index (Phi) is 3.20. The zero-order valence-corrected chi connectivity index (χ0v) is 9.37. The average molecular weight is 232 g/mol. The number of aryl methyl sites for hydroxylation is 1. The Morgan fingerprint density at radius 2 is 2.06 bits per heavy atom. The first-order valence-electron chi connectivity index (χ1n) is 5.15. The summed E-state index contributed by atoms with van der Waals surface area (Å²) in [5, 5.41) is 3.11. The molecule has 0 atom stereocenters. The lowest BCUT2D eigenvalue weighted by Crippen LogP contribution is -2.08. The molecule has 4 N–H and O–H groups in total. The van der Waals surface area contributed by atoms with Crippen LogP contribution in [-0.2, 0) is 0 Å². The molecule has 0 bridgehead atoms. The maximum absolute atomic E-state index is 13.1. The third-order valence-corrected chi connectivity index (χ3v) is 2.39. The van der Waals surface area contributed by atoms with Gasteiger partial charge >= 0.3 is 0 Å². The van der Waals surface area contributed by atoms with E-state index in [9.17, 15) is 4.39 Å². The Bertz CT molecular complexity index is 528. The standard InChI is InChI=1S/C12H13FN4/c1-8-2-3-9(13)6-11(8)16-10-4-5-15-12(7-10)17-14/h2-7H,14H2,1H3,(H2,15,16,17). The summed E-state index contributed by atoms with van der Waals surface area (Å²) in [6, 6.07) is 8.13. The topological polar surface area (TPSA) is 63.0 Å². The molecule has 0 saturated heterocycles. The van der Waals surface area contributed by atoms with E-state index >= 15 is 0 Å². The average Bonchev–Trinajstić information content (AvgIpc) is 2.34. The van der Waals surface area contributed by atoms with Crippen LogP contribution in [0.1, 0.15) is 5.56 Å². The number of anilines is 3. The molecule has 0 radical (unpaired) electrons. The summed E-state index contributed by atoms with van der Waals surface area (Å²) in [5.41, 5.74) is 4.93. The molecule has 0 spiro atoms. The number of pyridine rings is 1. The van der Waals surface area contributed by atoms with Gasteiger partial charge in [0.1, 0.15) is 11.6 Å². The first-order valence-corrected chi connectivity index (χ1v) is 5.15. The lowest BCUT2D eigenvalue weighted by molar-refractivity contribution is 0.628.